The minimum atomic E-state index is 0.403. The molecule has 1 aliphatic heterocycles. The molecular formula is C11H22BrNO. The minimum absolute atomic E-state index is 0.403. The van der Waals surface area contributed by atoms with Gasteiger partial charge in [-0.1, -0.05) is 29.8 Å². The van der Waals surface area contributed by atoms with E-state index in [0.717, 1.165) is 24.4 Å². The van der Waals surface area contributed by atoms with Gasteiger partial charge in [-0.2, -0.15) is 0 Å². The van der Waals surface area contributed by atoms with Crippen LogP contribution in [-0.2, 0) is 4.74 Å². The van der Waals surface area contributed by atoms with Crippen LogP contribution in [0, 0.1) is 5.92 Å². The first-order valence-corrected chi connectivity index (χ1v) is 6.71. The van der Waals surface area contributed by atoms with E-state index in [1.807, 2.05) is 0 Å². The molecule has 3 unspecified atom stereocenters. The van der Waals surface area contributed by atoms with Crippen molar-refractivity contribution >= 4 is 15.9 Å². The summed E-state index contributed by atoms with van der Waals surface area (Å²) < 4.78 is 5.67. The lowest BCUT2D eigenvalue weighted by Crippen LogP contribution is -2.50. The Hall–Kier alpha value is 0.400. The van der Waals surface area contributed by atoms with Crippen molar-refractivity contribution in [3.05, 3.63) is 0 Å². The van der Waals surface area contributed by atoms with Crippen LogP contribution in [0.2, 0.25) is 0 Å². The number of rotatable bonds is 4. The van der Waals surface area contributed by atoms with Crippen LogP contribution in [0.3, 0.4) is 0 Å². The van der Waals surface area contributed by atoms with Gasteiger partial charge in [0.15, 0.2) is 0 Å². The molecule has 84 valence electrons. The largest absolute Gasteiger partial charge is 0.376 e. The summed E-state index contributed by atoms with van der Waals surface area (Å²) in [7, 11) is 0. The second-order valence-corrected chi connectivity index (χ2v) is 5.07. The first-order chi connectivity index (χ1) is 6.67. The number of nitrogens with zero attached hydrogens (tertiary/aromatic N) is 1. The summed E-state index contributed by atoms with van der Waals surface area (Å²) >= 11 is 3.54. The van der Waals surface area contributed by atoms with E-state index in [1.165, 1.54) is 13.0 Å². The summed E-state index contributed by atoms with van der Waals surface area (Å²) in [6.07, 6.45) is 1.60. The predicted molar refractivity (Wildman–Crippen MR) is 64.0 cm³/mol. The molecule has 1 aliphatic rings. The summed E-state index contributed by atoms with van der Waals surface area (Å²) in [6.45, 7) is 9.90. The van der Waals surface area contributed by atoms with Gasteiger partial charge in [0.05, 0.1) is 12.7 Å². The van der Waals surface area contributed by atoms with E-state index in [2.05, 4.69) is 41.6 Å². The smallest absolute Gasteiger partial charge is 0.0674 e. The average Bonchev–Trinajstić information content (AvgIpc) is 2.18. The highest BCUT2D eigenvalue weighted by Gasteiger charge is 2.25. The maximum atomic E-state index is 5.67. The maximum absolute atomic E-state index is 5.67. The van der Waals surface area contributed by atoms with Crippen molar-refractivity contribution in [3.63, 3.8) is 0 Å². The zero-order valence-corrected chi connectivity index (χ0v) is 11.1. The van der Waals surface area contributed by atoms with E-state index in [-0.39, 0.29) is 0 Å². The molecule has 3 atom stereocenters. The monoisotopic (exact) mass is 263 g/mol. The lowest BCUT2D eigenvalue weighted by atomic mass is 10.1. The molecule has 0 saturated carbocycles. The molecule has 0 aromatic heterocycles. The molecule has 1 fully saturated rings. The molecule has 1 rings (SSSR count). The number of morpholine rings is 1. The molecule has 1 heterocycles. The van der Waals surface area contributed by atoms with Crippen molar-refractivity contribution in [2.75, 3.05) is 25.0 Å². The molecule has 0 aromatic carbocycles. The summed E-state index contributed by atoms with van der Waals surface area (Å²) in [4.78, 5) is 2.58. The zero-order chi connectivity index (χ0) is 10.6. The SMILES string of the molecule is CCC1COC(C)CN1CC(C)CBr. The highest BCUT2D eigenvalue weighted by atomic mass is 79.9. The van der Waals surface area contributed by atoms with Gasteiger partial charge in [-0.15, -0.1) is 0 Å². The number of halogens is 1. The number of alkyl halides is 1. The lowest BCUT2D eigenvalue weighted by Gasteiger charge is -2.39. The van der Waals surface area contributed by atoms with E-state index in [4.69, 9.17) is 4.74 Å². The average molecular weight is 264 g/mol. The van der Waals surface area contributed by atoms with Gasteiger partial charge in [-0.05, 0) is 19.3 Å². The van der Waals surface area contributed by atoms with Gasteiger partial charge < -0.3 is 4.74 Å². The van der Waals surface area contributed by atoms with Gasteiger partial charge in [0.25, 0.3) is 0 Å². The van der Waals surface area contributed by atoms with E-state index < -0.39 is 0 Å². The molecule has 0 amide bonds. The molecule has 0 aliphatic carbocycles. The van der Waals surface area contributed by atoms with Crippen molar-refractivity contribution < 1.29 is 4.74 Å². The third kappa shape index (κ3) is 3.52. The van der Waals surface area contributed by atoms with Gasteiger partial charge in [0.2, 0.25) is 0 Å². The van der Waals surface area contributed by atoms with Crippen LogP contribution in [-0.4, -0.2) is 42.1 Å². The van der Waals surface area contributed by atoms with Crippen LogP contribution >= 0.6 is 15.9 Å². The van der Waals surface area contributed by atoms with Crippen molar-refractivity contribution in [1.82, 2.24) is 4.90 Å². The van der Waals surface area contributed by atoms with Gasteiger partial charge in [-0.25, -0.2) is 0 Å². The molecule has 0 aromatic rings. The van der Waals surface area contributed by atoms with E-state index in [0.29, 0.717) is 12.1 Å². The van der Waals surface area contributed by atoms with Crippen LogP contribution in [0.4, 0.5) is 0 Å². The fourth-order valence-corrected chi connectivity index (χ4v) is 2.17. The highest BCUT2D eigenvalue weighted by molar-refractivity contribution is 9.09. The molecule has 0 radical (unpaired) electrons. The normalized spacial score (nSPS) is 31.7. The first-order valence-electron chi connectivity index (χ1n) is 5.59. The van der Waals surface area contributed by atoms with Gasteiger partial charge in [0, 0.05) is 24.5 Å². The summed E-state index contributed by atoms with van der Waals surface area (Å²) in [5.74, 6) is 0.731. The van der Waals surface area contributed by atoms with Crippen LogP contribution in [0.15, 0.2) is 0 Å². The Morgan fingerprint density at radius 1 is 1.57 bits per heavy atom. The fraction of sp³-hybridized carbons (Fsp3) is 1.00. The van der Waals surface area contributed by atoms with Gasteiger partial charge >= 0.3 is 0 Å². The summed E-state index contributed by atoms with van der Waals surface area (Å²) in [5.41, 5.74) is 0. The summed E-state index contributed by atoms with van der Waals surface area (Å²) in [6, 6.07) is 0.632. The third-order valence-corrected chi connectivity index (χ3v) is 3.97. The molecule has 1 saturated heterocycles. The predicted octanol–water partition coefficient (Wildman–Crippen LogP) is 2.52. The number of ether oxygens (including phenoxy) is 1. The fourth-order valence-electron chi connectivity index (χ4n) is 1.96. The van der Waals surface area contributed by atoms with Crippen LogP contribution in [0.1, 0.15) is 27.2 Å². The molecule has 0 N–H and O–H groups in total. The van der Waals surface area contributed by atoms with Crippen molar-refractivity contribution in [2.24, 2.45) is 5.92 Å². The second kappa shape index (κ2) is 6.09. The Labute approximate surface area is 96.1 Å². The molecule has 2 nitrogen and oxygen atoms in total. The van der Waals surface area contributed by atoms with Crippen molar-refractivity contribution in [3.8, 4) is 0 Å². The Balaban J connectivity index is 2.44. The van der Waals surface area contributed by atoms with E-state index in [1.54, 1.807) is 0 Å². The quantitative estimate of drug-likeness (QED) is 0.723. The Morgan fingerprint density at radius 3 is 2.86 bits per heavy atom. The van der Waals surface area contributed by atoms with Crippen LogP contribution in [0.25, 0.3) is 0 Å². The number of hydrogen-bond acceptors (Lipinski definition) is 2. The highest BCUT2D eigenvalue weighted by Crippen LogP contribution is 2.16. The molecular weight excluding hydrogens is 242 g/mol. The minimum Gasteiger partial charge on any atom is -0.376 e. The molecule has 0 bridgehead atoms. The van der Waals surface area contributed by atoms with E-state index >= 15 is 0 Å². The van der Waals surface area contributed by atoms with Gasteiger partial charge in [-0.3, -0.25) is 4.90 Å². The van der Waals surface area contributed by atoms with Crippen molar-refractivity contribution in [2.45, 2.75) is 39.3 Å². The summed E-state index contributed by atoms with van der Waals surface area (Å²) in [5, 5.41) is 1.09. The molecule has 0 spiro atoms. The Bertz CT molecular complexity index is 165. The Morgan fingerprint density at radius 2 is 2.29 bits per heavy atom. The van der Waals surface area contributed by atoms with Crippen molar-refractivity contribution in [1.29, 1.82) is 0 Å². The molecule has 3 heteroatoms. The zero-order valence-electron chi connectivity index (χ0n) is 9.50. The van der Waals surface area contributed by atoms with Crippen LogP contribution in [0.5, 0.6) is 0 Å². The lowest BCUT2D eigenvalue weighted by molar-refractivity contribution is -0.0590. The van der Waals surface area contributed by atoms with Crippen LogP contribution < -0.4 is 0 Å². The topological polar surface area (TPSA) is 12.5 Å². The number of hydrogen-bond donors (Lipinski definition) is 0. The maximum Gasteiger partial charge on any atom is 0.0674 e. The Kier molecular flexibility index (Phi) is 5.42. The molecule has 14 heavy (non-hydrogen) atoms. The second-order valence-electron chi connectivity index (χ2n) is 4.42. The first kappa shape index (κ1) is 12.5. The standard InChI is InChI=1S/C11H22BrNO/c1-4-11-8-14-10(3)7-13(11)6-9(2)5-12/h9-11H,4-8H2,1-3H3. The van der Waals surface area contributed by atoms with Gasteiger partial charge in [0.1, 0.15) is 0 Å². The van der Waals surface area contributed by atoms with E-state index in [9.17, 15) is 0 Å². The third-order valence-electron chi connectivity index (χ3n) is 2.86.